The van der Waals surface area contributed by atoms with Crippen LogP contribution >= 0.6 is 0 Å². The molecule has 2 N–H and O–H groups in total. The molecule has 1 heterocycles. The average Bonchev–Trinajstić information content (AvgIpc) is 2.41. The highest BCUT2D eigenvalue weighted by molar-refractivity contribution is 5.93. The number of nitrogens with one attached hydrogen (secondary N) is 1. The van der Waals surface area contributed by atoms with E-state index in [4.69, 9.17) is 9.84 Å². The number of hydrogen-bond acceptors (Lipinski definition) is 4. The van der Waals surface area contributed by atoms with Gasteiger partial charge in [0, 0.05) is 18.8 Å². The van der Waals surface area contributed by atoms with Crippen LogP contribution in [-0.4, -0.2) is 35.6 Å². The molecule has 1 fully saturated rings. The first-order valence-corrected chi connectivity index (χ1v) is 6.55. The summed E-state index contributed by atoms with van der Waals surface area (Å²) in [5.41, 5.74) is 0.164. The highest BCUT2D eigenvalue weighted by Crippen LogP contribution is 2.43. The second-order valence-corrected chi connectivity index (χ2v) is 5.20. The Labute approximate surface area is 117 Å². The van der Waals surface area contributed by atoms with Crippen molar-refractivity contribution in [2.75, 3.05) is 13.7 Å². The number of carbonyl (C=O) groups is 2. The van der Waals surface area contributed by atoms with Crippen LogP contribution in [-0.2, 0) is 4.79 Å². The Kier molecular flexibility index (Phi) is 4.22. The number of carboxylic acids is 1. The minimum Gasteiger partial charge on any atom is -0.481 e. The van der Waals surface area contributed by atoms with Gasteiger partial charge in [-0.2, -0.15) is 0 Å². The van der Waals surface area contributed by atoms with Gasteiger partial charge in [-0.1, -0.05) is 6.42 Å². The van der Waals surface area contributed by atoms with Gasteiger partial charge in [0.15, 0.2) is 0 Å². The van der Waals surface area contributed by atoms with Gasteiger partial charge in [0.05, 0.1) is 19.1 Å². The summed E-state index contributed by atoms with van der Waals surface area (Å²) in [5, 5.41) is 11.7. The van der Waals surface area contributed by atoms with Gasteiger partial charge in [0.25, 0.3) is 5.91 Å². The average molecular weight is 278 g/mol. The van der Waals surface area contributed by atoms with Crippen molar-refractivity contribution in [3.63, 3.8) is 0 Å². The fourth-order valence-electron chi connectivity index (χ4n) is 2.42. The molecule has 0 spiro atoms. The summed E-state index contributed by atoms with van der Waals surface area (Å²) in [6, 6.07) is 3.25. The van der Waals surface area contributed by atoms with E-state index < -0.39 is 5.97 Å². The summed E-state index contributed by atoms with van der Waals surface area (Å²) >= 11 is 0. The van der Waals surface area contributed by atoms with Crippen molar-refractivity contribution in [1.29, 1.82) is 0 Å². The minimum absolute atomic E-state index is 0.105. The number of carbonyl (C=O) groups excluding carboxylic acids is 1. The zero-order chi connectivity index (χ0) is 14.6. The monoisotopic (exact) mass is 278 g/mol. The molecule has 1 amide bonds. The maximum atomic E-state index is 12.0. The Balaban J connectivity index is 1.92. The molecular formula is C14H18N2O4. The van der Waals surface area contributed by atoms with E-state index >= 15 is 0 Å². The number of ether oxygens (including phenoxy) is 1. The van der Waals surface area contributed by atoms with Crippen LogP contribution in [0.25, 0.3) is 0 Å². The first kappa shape index (κ1) is 14.3. The molecule has 1 aliphatic rings. The molecule has 20 heavy (non-hydrogen) atoms. The van der Waals surface area contributed by atoms with E-state index in [1.54, 1.807) is 12.1 Å². The van der Waals surface area contributed by atoms with Gasteiger partial charge >= 0.3 is 5.97 Å². The lowest BCUT2D eigenvalue weighted by atomic mass is 9.66. The van der Waals surface area contributed by atoms with Crippen LogP contribution in [0.2, 0.25) is 0 Å². The number of carboxylic acid groups (broad SMARTS) is 1. The number of pyridine rings is 1. The Hall–Kier alpha value is -2.11. The Morgan fingerprint density at radius 1 is 1.45 bits per heavy atom. The summed E-state index contributed by atoms with van der Waals surface area (Å²) in [5.74, 6) is -0.607. The van der Waals surface area contributed by atoms with Crippen LogP contribution in [0.5, 0.6) is 5.88 Å². The van der Waals surface area contributed by atoms with Gasteiger partial charge in [0.2, 0.25) is 5.88 Å². The molecule has 0 aromatic carbocycles. The molecule has 0 unspecified atom stereocenters. The lowest BCUT2D eigenvalue weighted by molar-refractivity contribution is -0.141. The molecule has 0 saturated heterocycles. The molecule has 0 radical (unpaired) electrons. The zero-order valence-corrected chi connectivity index (χ0v) is 11.4. The normalized spacial score (nSPS) is 16.1. The highest BCUT2D eigenvalue weighted by atomic mass is 16.5. The smallest absolute Gasteiger partial charge is 0.303 e. The van der Waals surface area contributed by atoms with E-state index in [2.05, 4.69) is 10.3 Å². The number of nitrogens with zero attached hydrogens (tertiary/aromatic N) is 1. The topological polar surface area (TPSA) is 88.5 Å². The molecule has 0 aliphatic heterocycles. The zero-order valence-electron chi connectivity index (χ0n) is 11.4. The lowest BCUT2D eigenvalue weighted by Gasteiger charge is -2.40. The largest absolute Gasteiger partial charge is 0.481 e. The molecule has 6 heteroatoms. The summed E-state index contributed by atoms with van der Waals surface area (Å²) in [6.45, 7) is 0.393. The number of rotatable bonds is 6. The van der Waals surface area contributed by atoms with Crippen molar-refractivity contribution in [2.24, 2.45) is 5.41 Å². The van der Waals surface area contributed by atoms with Crippen LogP contribution in [0.1, 0.15) is 36.0 Å². The molecule has 108 valence electrons. The molecule has 1 aromatic heterocycles. The second-order valence-electron chi connectivity index (χ2n) is 5.20. The molecule has 6 nitrogen and oxygen atoms in total. The summed E-state index contributed by atoms with van der Waals surface area (Å²) < 4.78 is 4.93. The van der Waals surface area contributed by atoms with Crippen molar-refractivity contribution < 1.29 is 19.4 Å². The van der Waals surface area contributed by atoms with E-state index in [0.29, 0.717) is 18.0 Å². The summed E-state index contributed by atoms with van der Waals surface area (Å²) in [4.78, 5) is 26.8. The van der Waals surface area contributed by atoms with Crippen molar-refractivity contribution in [1.82, 2.24) is 10.3 Å². The fourth-order valence-corrected chi connectivity index (χ4v) is 2.42. The maximum absolute atomic E-state index is 12.0. The van der Waals surface area contributed by atoms with Crippen LogP contribution in [0.15, 0.2) is 18.3 Å². The molecule has 0 atom stereocenters. The van der Waals surface area contributed by atoms with E-state index in [0.717, 1.165) is 19.3 Å². The third kappa shape index (κ3) is 3.26. The number of hydrogen-bond donors (Lipinski definition) is 2. The molecule has 2 rings (SSSR count). The number of methoxy groups -OCH3 is 1. The van der Waals surface area contributed by atoms with Gasteiger partial charge in [-0.25, -0.2) is 4.98 Å². The third-order valence-electron chi connectivity index (χ3n) is 3.77. The predicted octanol–water partition coefficient (Wildman–Crippen LogP) is 1.47. The standard InChI is InChI=1S/C14H18N2O4/c1-20-11-4-3-10(8-15-11)13(19)16-9-14(5-2-6-14)7-12(17)18/h3-4,8H,2,5-7,9H2,1H3,(H,16,19)(H,17,18). The molecule has 1 aromatic rings. The summed E-state index contributed by atoms with van der Waals surface area (Å²) in [7, 11) is 1.51. The second kappa shape index (κ2) is 5.90. The first-order chi connectivity index (χ1) is 9.54. The lowest BCUT2D eigenvalue weighted by Crippen LogP contribution is -2.43. The van der Waals surface area contributed by atoms with Crippen LogP contribution in [0.4, 0.5) is 0 Å². The fraction of sp³-hybridized carbons (Fsp3) is 0.500. The van der Waals surface area contributed by atoms with Crippen molar-refractivity contribution in [3.8, 4) is 5.88 Å². The number of amides is 1. The Morgan fingerprint density at radius 2 is 2.20 bits per heavy atom. The van der Waals surface area contributed by atoms with E-state index in [1.165, 1.54) is 13.3 Å². The predicted molar refractivity (Wildman–Crippen MR) is 71.7 cm³/mol. The van der Waals surface area contributed by atoms with Crippen LogP contribution < -0.4 is 10.1 Å². The third-order valence-corrected chi connectivity index (χ3v) is 3.77. The SMILES string of the molecule is COc1ccc(C(=O)NCC2(CC(=O)O)CCC2)cn1. The molecule has 1 saturated carbocycles. The van der Waals surface area contributed by atoms with Gasteiger partial charge < -0.3 is 15.2 Å². The van der Waals surface area contributed by atoms with Gasteiger partial charge in [-0.3, -0.25) is 9.59 Å². The van der Waals surface area contributed by atoms with Crippen molar-refractivity contribution in [3.05, 3.63) is 23.9 Å². The minimum atomic E-state index is -0.815. The number of aliphatic carboxylic acids is 1. The van der Waals surface area contributed by atoms with Crippen molar-refractivity contribution in [2.45, 2.75) is 25.7 Å². The van der Waals surface area contributed by atoms with Crippen LogP contribution in [0, 0.1) is 5.41 Å². The van der Waals surface area contributed by atoms with E-state index in [9.17, 15) is 9.59 Å². The quantitative estimate of drug-likeness (QED) is 0.822. The highest BCUT2D eigenvalue weighted by Gasteiger charge is 2.39. The Morgan fingerprint density at radius 3 is 2.65 bits per heavy atom. The van der Waals surface area contributed by atoms with E-state index in [-0.39, 0.29) is 17.7 Å². The molecule has 0 bridgehead atoms. The Bertz CT molecular complexity index is 494. The van der Waals surface area contributed by atoms with Crippen molar-refractivity contribution >= 4 is 11.9 Å². The van der Waals surface area contributed by atoms with E-state index in [1.807, 2.05) is 0 Å². The molecule has 1 aliphatic carbocycles. The first-order valence-electron chi connectivity index (χ1n) is 6.55. The van der Waals surface area contributed by atoms with Gasteiger partial charge in [-0.15, -0.1) is 0 Å². The van der Waals surface area contributed by atoms with Gasteiger partial charge in [-0.05, 0) is 24.3 Å². The summed E-state index contributed by atoms with van der Waals surface area (Å²) in [6.07, 6.45) is 4.26. The molecular weight excluding hydrogens is 260 g/mol. The van der Waals surface area contributed by atoms with Crippen LogP contribution in [0.3, 0.4) is 0 Å². The van der Waals surface area contributed by atoms with Gasteiger partial charge in [0.1, 0.15) is 0 Å². The number of aromatic nitrogens is 1. The maximum Gasteiger partial charge on any atom is 0.303 e.